The van der Waals surface area contributed by atoms with Crippen molar-refractivity contribution in [2.45, 2.75) is 62.9 Å². The van der Waals surface area contributed by atoms with Gasteiger partial charge in [-0.15, -0.1) is 0 Å². The Kier molecular flexibility index (Phi) is 5.06. The third-order valence-electron chi connectivity index (χ3n) is 5.79. The van der Waals surface area contributed by atoms with Crippen LogP contribution in [-0.2, 0) is 14.8 Å². The van der Waals surface area contributed by atoms with Crippen molar-refractivity contribution in [2.75, 3.05) is 0 Å². The molecule has 0 bridgehead atoms. The maximum Gasteiger partial charge on any atom is 0.254 e. The zero-order chi connectivity index (χ0) is 21.6. The van der Waals surface area contributed by atoms with Crippen LogP contribution in [0.4, 0.5) is 0 Å². The predicted octanol–water partition coefficient (Wildman–Crippen LogP) is 2.71. The molecule has 1 aliphatic heterocycles. The predicted molar refractivity (Wildman–Crippen MR) is 114 cm³/mol. The fraction of sp³-hybridized carbons (Fsp3) is 0.476. The van der Waals surface area contributed by atoms with Gasteiger partial charge in [-0.25, -0.2) is 22.8 Å². The van der Waals surface area contributed by atoms with Crippen molar-refractivity contribution in [1.29, 1.82) is 0 Å². The van der Waals surface area contributed by atoms with E-state index < -0.39 is 15.4 Å². The Labute approximate surface area is 177 Å². The fourth-order valence-electron chi connectivity index (χ4n) is 4.05. The molecule has 8 nitrogen and oxygen atoms in total. The second kappa shape index (κ2) is 7.31. The molecule has 0 atom stereocenters. The number of sulfonamides is 1. The summed E-state index contributed by atoms with van der Waals surface area (Å²) in [5.74, 6) is 0.0190. The van der Waals surface area contributed by atoms with E-state index in [1.54, 1.807) is 52.6 Å². The topological polar surface area (TPSA) is 96.7 Å². The van der Waals surface area contributed by atoms with Crippen molar-refractivity contribution < 1.29 is 13.2 Å². The Morgan fingerprint density at radius 1 is 1.13 bits per heavy atom. The van der Waals surface area contributed by atoms with E-state index in [1.165, 1.54) is 0 Å². The third-order valence-corrected chi connectivity index (χ3v) is 7.33. The highest BCUT2D eigenvalue weighted by Gasteiger charge is 2.49. The first-order valence-electron chi connectivity index (χ1n) is 10.1. The smallest absolute Gasteiger partial charge is 0.254 e. The van der Waals surface area contributed by atoms with Gasteiger partial charge in [-0.05, 0) is 76.8 Å². The number of aromatic nitrogens is 2. The van der Waals surface area contributed by atoms with E-state index in [4.69, 9.17) is 0 Å². The quantitative estimate of drug-likeness (QED) is 0.808. The number of nitrogens with one attached hydrogen (secondary N) is 1. The Balaban J connectivity index is 1.40. The molecule has 0 radical (unpaired) electrons. The van der Waals surface area contributed by atoms with Crippen molar-refractivity contribution in [3.63, 3.8) is 0 Å². The molecule has 9 heteroatoms. The number of carbonyl (C=O) groups is 1. The minimum atomic E-state index is -3.64. The molecule has 2 aromatic rings. The zero-order valence-electron chi connectivity index (χ0n) is 17.4. The van der Waals surface area contributed by atoms with Crippen molar-refractivity contribution >= 4 is 22.1 Å². The standard InChI is InChI=1S/C21H27N5O3S/c1-20(2,3)26-19(27)21(15-23-26)11-9-16(10-12-21)24-30(28,29)18-7-5-17(6-8-18)25-14-4-13-22-25/h4-8,13-16,24H,9-12H2,1-3H3. The van der Waals surface area contributed by atoms with E-state index in [9.17, 15) is 13.2 Å². The Morgan fingerprint density at radius 2 is 1.80 bits per heavy atom. The van der Waals surface area contributed by atoms with Gasteiger partial charge in [0.2, 0.25) is 10.0 Å². The maximum atomic E-state index is 12.9. The lowest BCUT2D eigenvalue weighted by Crippen LogP contribution is -2.48. The van der Waals surface area contributed by atoms with Gasteiger partial charge in [0.05, 0.1) is 21.5 Å². The number of nitrogens with zero attached hydrogens (tertiary/aromatic N) is 4. The van der Waals surface area contributed by atoms with E-state index >= 15 is 0 Å². The average molecular weight is 430 g/mol. The highest BCUT2D eigenvalue weighted by Crippen LogP contribution is 2.41. The van der Waals surface area contributed by atoms with Gasteiger partial charge in [0.25, 0.3) is 5.91 Å². The van der Waals surface area contributed by atoms with Crippen molar-refractivity contribution in [1.82, 2.24) is 19.5 Å². The number of amides is 1. The highest BCUT2D eigenvalue weighted by molar-refractivity contribution is 7.89. The van der Waals surface area contributed by atoms with Crippen LogP contribution in [0.15, 0.2) is 52.7 Å². The van der Waals surface area contributed by atoms with Gasteiger partial charge in [0, 0.05) is 24.7 Å². The molecule has 160 valence electrons. The van der Waals surface area contributed by atoms with Gasteiger partial charge in [0.1, 0.15) is 0 Å². The van der Waals surface area contributed by atoms with E-state index in [2.05, 4.69) is 14.9 Å². The van der Waals surface area contributed by atoms with Crippen LogP contribution in [0, 0.1) is 5.41 Å². The first-order valence-corrected chi connectivity index (χ1v) is 11.6. The fourth-order valence-corrected chi connectivity index (χ4v) is 5.35. The van der Waals surface area contributed by atoms with Gasteiger partial charge < -0.3 is 0 Å². The minimum absolute atomic E-state index is 0.0190. The number of benzene rings is 1. The molecule has 1 spiro atoms. The lowest BCUT2D eigenvalue weighted by Gasteiger charge is -2.36. The summed E-state index contributed by atoms with van der Waals surface area (Å²) in [5.41, 5.74) is -0.167. The third kappa shape index (κ3) is 3.79. The molecular formula is C21H27N5O3S. The molecule has 30 heavy (non-hydrogen) atoms. The van der Waals surface area contributed by atoms with Crippen LogP contribution in [0.2, 0.25) is 0 Å². The number of rotatable bonds is 4. The van der Waals surface area contributed by atoms with Crippen LogP contribution >= 0.6 is 0 Å². The second-order valence-corrected chi connectivity index (χ2v) is 10.7. The van der Waals surface area contributed by atoms with Gasteiger partial charge in [-0.2, -0.15) is 10.2 Å². The van der Waals surface area contributed by atoms with Crippen molar-refractivity contribution in [2.24, 2.45) is 10.5 Å². The van der Waals surface area contributed by atoms with Crippen LogP contribution in [0.1, 0.15) is 46.5 Å². The van der Waals surface area contributed by atoms with Crippen LogP contribution in [0.3, 0.4) is 0 Å². The number of carbonyl (C=O) groups excluding carboxylic acids is 1. The van der Waals surface area contributed by atoms with Crippen LogP contribution in [0.25, 0.3) is 5.69 Å². The Bertz CT molecular complexity index is 1050. The molecule has 1 aromatic carbocycles. The largest absolute Gasteiger partial charge is 0.272 e. The van der Waals surface area contributed by atoms with Crippen molar-refractivity contribution in [3.05, 3.63) is 42.7 Å². The lowest BCUT2D eigenvalue weighted by molar-refractivity contribution is -0.142. The normalized spacial score (nSPS) is 24.7. The lowest BCUT2D eigenvalue weighted by atomic mass is 9.73. The van der Waals surface area contributed by atoms with Crippen LogP contribution < -0.4 is 4.72 Å². The summed E-state index contributed by atoms with van der Waals surface area (Å²) in [6, 6.07) is 8.23. The minimum Gasteiger partial charge on any atom is -0.272 e. The molecule has 2 heterocycles. The van der Waals surface area contributed by atoms with E-state index in [1.807, 2.05) is 26.8 Å². The molecule has 1 amide bonds. The molecule has 2 aliphatic rings. The Hall–Kier alpha value is -2.52. The number of hydrazone groups is 1. The van der Waals surface area contributed by atoms with Gasteiger partial charge in [-0.3, -0.25) is 4.79 Å². The summed E-state index contributed by atoms with van der Waals surface area (Å²) in [6.07, 6.45) is 7.61. The molecule has 1 aliphatic carbocycles. The molecule has 1 fully saturated rings. The first-order chi connectivity index (χ1) is 14.1. The van der Waals surface area contributed by atoms with Gasteiger partial charge in [0.15, 0.2) is 0 Å². The molecule has 0 unspecified atom stereocenters. The zero-order valence-corrected chi connectivity index (χ0v) is 18.3. The molecule has 1 saturated carbocycles. The molecule has 1 aromatic heterocycles. The summed E-state index contributed by atoms with van der Waals surface area (Å²) in [6.45, 7) is 5.87. The second-order valence-electron chi connectivity index (χ2n) is 9.03. The van der Waals surface area contributed by atoms with Gasteiger partial charge in [-0.1, -0.05) is 0 Å². The SMILES string of the molecule is CC(C)(C)N1N=CC2(CCC(NS(=O)(=O)c3ccc(-n4cccn4)cc3)CC2)C1=O. The van der Waals surface area contributed by atoms with Gasteiger partial charge >= 0.3 is 0 Å². The van der Waals surface area contributed by atoms with Crippen molar-refractivity contribution in [3.8, 4) is 5.69 Å². The highest BCUT2D eigenvalue weighted by atomic mass is 32.2. The van der Waals surface area contributed by atoms with Crippen LogP contribution in [0.5, 0.6) is 0 Å². The van der Waals surface area contributed by atoms with E-state index in [0.717, 1.165) is 5.69 Å². The molecule has 4 rings (SSSR count). The summed E-state index contributed by atoms with van der Waals surface area (Å²) in [7, 11) is -3.64. The molecule has 0 saturated heterocycles. The summed E-state index contributed by atoms with van der Waals surface area (Å²) < 4.78 is 30.1. The molecule has 1 N–H and O–H groups in total. The monoisotopic (exact) mass is 429 g/mol. The Morgan fingerprint density at radius 3 is 2.33 bits per heavy atom. The summed E-state index contributed by atoms with van der Waals surface area (Å²) in [5, 5.41) is 10.1. The van der Waals surface area contributed by atoms with E-state index in [-0.39, 0.29) is 22.4 Å². The van der Waals surface area contributed by atoms with Crippen LogP contribution in [-0.4, -0.2) is 46.9 Å². The summed E-state index contributed by atoms with van der Waals surface area (Å²) in [4.78, 5) is 13.1. The maximum absolute atomic E-state index is 12.9. The van der Waals surface area contributed by atoms with E-state index in [0.29, 0.717) is 25.7 Å². The first kappa shape index (κ1) is 20.7. The summed E-state index contributed by atoms with van der Waals surface area (Å²) >= 11 is 0. The molecular weight excluding hydrogens is 402 g/mol. The average Bonchev–Trinajstić information content (AvgIpc) is 3.33. The number of hydrogen-bond donors (Lipinski definition) is 1. The number of hydrogen-bond acceptors (Lipinski definition) is 5.